The number of halogens is 3. The van der Waals surface area contributed by atoms with Gasteiger partial charge in [0.05, 0.1) is 12.7 Å². The van der Waals surface area contributed by atoms with Crippen molar-refractivity contribution in [3.63, 3.8) is 0 Å². The summed E-state index contributed by atoms with van der Waals surface area (Å²) in [6, 6.07) is 15.4. The van der Waals surface area contributed by atoms with Crippen molar-refractivity contribution in [3.05, 3.63) is 88.7 Å². The summed E-state index contributed by atoms with van der Waals surface area (Å²) in [4.78, 5) is 0. The van der Waals surface area contributed by atoms with Crippen molar-refractivity contribution in [2.75, 3.05) is 6.61 Å². The molecule has 3 aromatic carbocycles. The Labute approximate surface area is 181 Å². The quantitative estimate of drug-likeness (QED) is 0.407. The van der Waals surface area contributed by atoms with Gasteiger partial charge in [-0.05, 0) is 60.6 Å². The maximum Gasteiger partial charge on any atom is 0.165 e. The highest BCUT2D eigenvalue weighted by Gasteiger charge is 2.18. The smallest absolute Gasteiger partial charge is 0.165 e. The maximum atomic E-state index is 14.4. The number of benzene rings is 3. The lowest BCUT2D eigenvalue weighted by atomic mass is 9.97. The summed E-state index contributed by atoms with van der Waals surface area (Å²) in [7, 11) is 0. The SMILES string of the molecule is CCCC(O)c1ccc(CCc2ccc(-c3ccc(OCC)c(F)c3)cc2)c(F)c1F. The molecule has 0 spiro atoms. The Hall–Kier alpha value is -2.79. The predicted octanol–water partition coefficient (Wildman–Crippen LogP) is 6.79. The second-order valence-electron chi connectivity index (χ2n) is 7.52. The van der Waals surface area contributed by atoms with E-state index in [0.29, 0.717) is 32.3 Å². The van der Waals surface area contributed by atoms with E-state index >= 15 is 0 Å². The first kappa shape index (κ1) is 22.9. The van der Waals surface area contributed by atoms with Crippen molar-refractivity contribution in [1.29, 1.82) is 0 Å². The Kier molecular flexibility index (Phi) is 7.75. The van der Waals surface area contributed by atoms with Gasteiger partial charge in [0, 0.05) is 5.56 Å². The second kappa shape index (κ2) is 10.5. The van der Waals surface area contributed by atoms with Crippen LogP contribution in [0.2, 0.25) is 0 Å². The molecule has 0 saturated heterocycles. The number of aryl methyl sites for hydroxylation is 2. The molecule has 1 N–H and O–H groups in total. The summed E-state index contributed by atoms with van der Waals surface area (Å²) in [5.74, 6) is -2.04. The van der Waals surface area contributed by atoms with Gasteiger partial charge in [-0.1, -0.05) is 55.8 Å². The minimum atomic E-state index is -0.992. The molecule has 0 fully saturated rings. The molecule has 0 saturated carbocycles. The van der Waals surface area contributed by atoms with E-state index in [-0.39, 0.29) is 16.9 Å². The third-order valence-electron chi connectivity index (χ3n) is 5.32. The van der Waals surface area contributed by atoms with Crippen LogP contribution < -0.4 is 4.74 Å². The van der Waals surface area contributed by atoms with Gasteiger partial charge in [-0.25, -0.2) is 13.2 Å². The van der Waals surface area contributed by atoms with Crippen molar-refractivity contribution in [3.8, 4) is 16.9 Å². The number of rotatable bonds is 9. The molecule has 3 aromatic rings. The lowest BCUT2D eigenvalue weighted by molar-refractivity contribution is 0.160. The zero-order valence-corrected chi connectivity index (χ0v) is 17.8. The van der Waals surface area contributed by atoms with E-state index < -0.39 is 23.6 Å². The normalized spacial score (nSPS) is 12.1. The fourth-order valence-electron chi connectivity index (χ4n) is 3.58. The van der Waals surface area contributed by atoms with Gasteiger partial charge in [-0.2, -0.15) is 0 Å². The molecule has 0 aromatic heterocycles. The molecule has 31 heavy (non-hydrogen) atoms. The van der Waals surface area contributed by atoms with Crippen LogP contribution in [0.1, 0.15) is 49.5 Å². The Morgan fingerprint density at radius 2 is 1.55 bits per heavy atom. The topological polar surface area (TPSA) is 29.5 Å². The average molecular weight is 428 g/mol. The molecular weight excluding hydrogens is 401 g/mol. The first-order valence-electron chi connectivity index (χ1n) is 10.6. The molecule has 164 valence electrons. The van der Waals surface area contributed by atoms with Crippen LogP contribution in [0.4, 0.5) is 13.2 Å². The third-order valence-corrected chi connectivity index (χ3v) is 5.32. The van der Waals surface area contributed by atoms with Gasteiger partial charge < -0.3 is 9.84 Å². The van der Waals surface area contributed by atoms with E-state index in [2.05, 4.69) is 0 Å². The third kappa shape index (κ3) is 5.47. The Balaban J connectivity index is 1.68. The van der Waals surface area contributed by atoms with Crippen LogP contribution in [0.5, 0.6) is 5.75 Å². The van der Waals surface area contributed by atoms with E-state index in [1.807, 2.05) is 31.2 Å². The zero-order chi connectivity index (χ0) is 22.4. The number of hydrogen-bond acceptors (Lipinski definition) is 2. The Morgan fingerprint density at radius 3 is 2.19 bits per heavy atom. The van der Waals surface area contributed by atoms with Crippen LogP contribution in [0.25, 0.3) is 11.1 Å². The van der Waals surface area contributed by atoms with E-state index in [1.54, 1.807) is 25.1 Å². The number of aliphatic hydroxyl groups excluding tert-OH is 1. The maximum absolute atomic E-state index is 14.4. The second-order valence-corrected chi connectivity index (χ2v) is 7.52. The molecule has 0 aliphatic heterocycles. The molecule has 0 bridgehead atoms. The minimum Gasteiger partial charge on any atom is -0.491 e. The van der Waals surface area contributed by atoms with Crippen molar-refractivity contribution < 1.29 is 23.0 Å². The molecule has 1 unspecified atom stereocenters. The summed E-state index contributed by atoms with van der Waals surface area (Å²) in [6.45, 7) is 4.08. The molecule has 0 amide bonds. The summed E-state index contributed by atoms with van der Waals surface area (Å²) >= 11 is 0. The van der Waals surface area contributed by atoms with Gasteiger partial charge in [0.15, 0.2) is 23.2 Å². The summed E-state index contributed by atoms with van der Waals surface area (Å²) < 4.78 is 48.1. The monoisotopic (exact) mass is 428 g/mol. The average Bonchev–Trinajstić information content (AvgIpc) is 2.77. The fourth-order valence-corrected chi connectivity index (χ4v) is 3.58. The molecule has 0 aliphatic carbocycles. The van der Waals surface area contributed by atoms with E-state index in [1.165, 1.54) is 12.1 Å². The summed E-state index contributed by atoms with van der Waals surface area (Å²) in [6.07, 6.45) is 0.951. The van der Waals surface area contributed by atoms with E-state index in [4.69, 9.17) is 4.74 Å². The zero-order valence-electron chi connectivity index (χ0n) is 17.8. The number of aliphatic hydroxyl groups is 1. The molecular formula is C26H27F3O2. The van der Waals surface area contributed by atoms with Crippen LogP contribution in [0.3, 0.4) is 0 Å². The molecule has 0 heterocycles. The molecule has 5 heteroatoms. The Morgan fingerprint density at radius 1 is 0.839 bits per heavy atom. The predicted molar refractivity (Wildman–Crippen MR) is 117 cm³/mol. The van der Waals surface area contributed by atoms with E-state index in [9.17, 15) is 18.3 Å². The highest BCUT2D eigenvalue weighted by molar-refractivity contribution is 5.64. The standard InChI is InChI=1S/C26H27F3O2/c1-3-5-23(30)21-14-12-19(25(28)26(21)29)11-8-17-6-9-18(10-7-17)20-13-15-24(31-4-2)22(27)16-20/h6-7,9-10,12-16,23,30H,3-5,8,11H2,1-2H3. The lowest BCUT2D eigenvalue weighted by Crippen LogP contribution is -2.06. The van der Waals surface area contributed by atoms with Crippen LogP contribution in [0, 0.1) is 17.5 Å². The molecule has 3 rings (SSSR count). The van der Waals surface area contributed by atoms with Gasteiger partial charge in [0.25, 0.3) is 0 Å². The van der Waals surface area contributed by atoms with Gasteiger partial charge in [0.1, 0.15) is 0 Å². The largest absolute Gasteiger partial charge is 0.491 e. The first-order chi connectivity index (χ1) is 14.9. The van der Waals surface area contributed by atoms with Crippen LogP contribution in [-0.4, -0.2) is 11.7 Å². The lowest BCUT2D eigenvalue weighted by Gasteiger charge is -2.13. The summed E-state index contributed by atoms with van der Waals surface area (Å²) in [5, 5.41) is 9.97. The number of hydrogen-bond donors (Lipinski definition) is 1. The van der Waals surface area contributed by atoms with Crippen molar-refractivity contribution in [1.82, 2.24) is 0 Å². The van der Waals surface area contributed by atoms with Gasteiger partial charge in [-0.3, -0.25) is 0 Å². The van der Waals surface area contributed by atoms with Gasteiger partial charge >= 0.3 is 0 Å². The van der Waals surface area contributed by atoms with Crippen molar-refractivity contribution in [2.45, 2.75) is 45.6 Å². The van der Waals surface area contributed by atoms with Crippen LogP contribution >= 0.6 is 0 Å². The minimum absolute atomic E-state index is 0.00930. The highest BCUT2D eigenvalue weighted by Crippen LogP contribution is 2.28. The molecule has 1 atom stereocenters. The molecule has 0 radical (unpaired) electrons. The van der Waals surface area contributed by atoms with Crippen LogP contribution in [-0.2, 0) is 12.8 Å². The van der Waals surface area contributed by atoms with Crippen molar-refractivity contribution in [2.24, 2.45) is 0 Å². The number of ether oxygens (including phenoxy) is 1. The Bertz CT molecular complexity index is 1020. The van der Waals surface area contributed by atoms with Gasteiger partial charge in [-0.15, -0.1) is 0 Å². The molecule has 0 aliphatic rings. The fraction of sp³-hybridized carbons (Fsp3) is 0.308. The summed E-state index contributed by atoms with van der Waals surface area (Å²) in [5.41, 5.74) is 2.85. The molecule has 2 nitrogen and oxygen atoms in total. The van der Waals surface area contributed by atoms with Crippen molar-refractivity contribution >= 4 is 0 Å². The highest BCUT2D eigenvalue weighted by atomic mass is 19.2. The van der Waals surface area contributed by atoms with Crippen LogP contribution in [0.15, 0.2) is 54.6 Å². The first-order valence-corrected chi connectivity index (χ1v) is 10.6. The van der Waals surface area contributed by atoms with Gasteiger partial charge in [0.2, 0.25) is 0 Å². The van der Waals surface area contributed by atoms with E-state index in [0.717, 1.165) is 16.7 Å².